The van der Waals surface area contributed by atoms with Gasteiger partial charge in [-0.2, -0.15) is 0 Å². The molecule has 5 aliphatic rings. The van der Waals surface area contributed by atoms with E-state index in [4.69, 9.17) is 14.2 Å². The Morgan fingerprint density at radius 3 is 2.49 bits per heavy atom. The normalized spacial score (nSPS) is 38.0. The number of hydrogen-bond donors (Lipinski definition) is 2. The Labute approximate surface area is 282 Å². The zero-order valence-electron chi connectivity index (χ0n) is 29.9. The van der Waals surface area contributed by atoms with E-state index in [9.17, 15) is 15.0 Å². The molecule has 5 aliphatic carbocycles. The number of allylic oxidation sites excluding steroid dienone is 3. The first kappa shape index (κ1) is 34.4. The molecule has 7 nitrogen and oxygen atoms in total. The first-order chi connectivity index (χ1) is 22.3. The van der Waals surface area contributed by atoms with Crippen LogP contribution in [0.25, 0.3) is 0 Å². The standard InChI is InChI=1S/C40H59NO6/c1-25(2)31-12-8-26(3)20-36(31)47-37(43)41(23-27-9-11-30(45-6)22-35(27)46-7)24-40(44)19-16-34-32-13-10-28-21-29(42)14-17-38(28,4)33(32)15-18-39(34,40)5/h9-11,13,22,25-26,29,31,33-34,36,42,44H,8,12,14-21,23-24H2,1-7H3/t26-,29-,31+,33-,34-,36-,38-,39-,40+/m0/s1. The number of rotatable bonds is 8. The van der Waals surface area contributed by atoms with Crippen LogP contribution in [0.5, 0.6) is 11.5 Å². The molecule has 260 valence electrons. The Morgan fingerprint density at radius 2 is 1.77 bits per heavy atom. The Morgan fingerprint density at radius 1 is 1.00 bits per heavy atom. The summed E-state index contributed by atoms with van der Waals surface area (Å²) in [5.74, 6) is 3.31. The highest BCUT2D eigenvalue weighted by atomic mass is 16.6. The number of aliphatic hydroxyl groups excluding tert-OH is 1. The van der Waals surface area contributed by atoms with E-state index in [1.165, 1.54) is 11.1 Å². The molecule has 0 radical (unpaired) electrons. The predicted octanol–water partition coefficient (Wildman–Crippen LogP) is 8.08. The molecule has 0 aliphatic heterocycles. The predicted molar refractivity (Wildman–Crippen MR) is 184 cm³/mol. The maximum atomic E-state index is 14.3. The van der Waals surface area contributed by atoms with Crippen molar-refractivity contribution < 1.29 is 29.2 Å². The maximum Gasteiger partial charge on any atom is 0.410 e. The van der Waals surface area contributed by atoms with Gasteiger partial charge in [-0.25, -0.2) is 4.79 Å². The molecule has 7 heteroatoms. The van der Waals surface area contributed by atoms with E-state index in [0.29, 0.717) is 41.6 Å². The highest BCUT2D eigenvalue weighted by Gasteiger charge is 2.62. The number of hydrogen-bond acceptors (Lipinski definition) is 6. The number of methoxy groups -OCH3 is 2. The van der Waals surface area contributed by atoms with Crippen LogP contribution in [0.3, 0.4) is 0 Å². The van der Waals surface area contributed by atoms with Crippen LogP contribution in [0, 0.1) is 40.4 Å². The van der Waals surface area contributed by atoms with Crippen molar-refractivity contribution in [2.24, 2.45) is 40.4 Å². The van der Waals surface area contributed by atoms with Gasteiger partial charge in [-0.3, -0.25) is 0 Å². The molecule has 4 fully saturated rings. The van der Waals surface area contributed by atoms with Crippen molar-refractivity contribution in [2.75, 3.05) is 20.8 Å². The molecule has 0 aromatic heterocycles. The van der Waals surface area contributed by atoms with Crippen molar-refractivity contribution in [1.29, 1.82) is 0 Å². The molecule has 4 saturated carbocycles. The summed E-state index contributed by atoms with van der Waals surface area (Å²) in [7, 11) is 3.27. The summed E-state index contributed by atoms with van der Waals surface area (Å²) in [6.45, 7) is 11.9. The van der Waals surface area contributed by atoms with E-state index in [-0.39, 0.29) is 48.1 Å². The van der Waals surface area contributed by atoms with Gasteiger partial charge in [0.25, 0.3) is 0 Å². The van der Waals surface area contributed by atoms with E-state index in [2.05, 4.69) is 46.8 Å². The van der Waals surface area contributed by atoms with Crippen LogP contribution >= 0.6 is 0 Å². The van der Waals surface area contributed by atoms with E-state index in [0.717, 1.165) is 63.4 Å². The fourth-order valence-corrected chi connectivity index (χ4v) is 10.5. The summed E-state index contributed by atoms with van der Waals surface area (Å²) in [4.78, 5) is 16.1. The SMILES string of the molecule is COc1ccc(CN(C[C@]2(O)CC[C@H]3C4=CC=C5C[C@@H](O)CC[C@]5(C)[C@H]4CC[C@@]32C)C(=O)O[C@H]2C[C@@H](C)CC[C@@H]2C(C)C)c(OC)c1. The highest BCUT2D eigenvalue weighted by Crippen LogP contribution is 2.66. The summed E-state index contributed by atoms with van der Waals surface area (Å²) >= 11 is 0. The molecule has 47 heavy (non-hydrogen) atoms. The third-order valence-electron chi connectivity index (χ3n) is 13.6. The van der Waals surface area contributed by atoms with E-state index < -0.39 is 5.60 Å². The molecular weight excluding hydrogens is 590 g/mol. The Bertz CT molecular complexity index is 1390. The van der Waals surface area contributed by atoms with Gasteiger partial charge in [0.1, 0.15) is 17.6 Å². The third-order valence-corrected chi connectivity index (χ3v) is 13.6. The number of nitrogens with zero attached hydrogens (tertiary/aromatic N) is 1. The Balaban J connectivity index is 1.30. The quantitative estimate of drug-likeness (QED) is 0.296. The average Bonchev–Trinajstić information content (AvgIpc) is 3.30. The zero-order valence-corrected chi connectivity index (χ0v) is 29.9. The van der Waals surface area contributed by atoms with Gasteiger partial charge in [0, 0.05) is 17.0 Å². The minimum absolute atomic E-state index is 0.0796. The topological polar surface area (TPSA) is 88.5 Å². The van der Waals surface area contributed by atoms with Gasteiger partial charge in [0.2, 0.25) is 0 Å². The summed E-state index contributed by atoms with van der Waals surface area (Å²) in [5, 5.41) is 23.2. The highest BCUT2D eigenvalue weighted by molar-refractivity contribution is 5.68. The molecule has 9 atom stereocenters. The molecule has 6 rings (SSSR count). The number of aliphatic hydroxyl groups is 2. The Hall–Kier alpha value is -2.51. The van der Waals surface area contributed by atoms with E-state index in [1.807, 2.05) is 18.2 Å². The second-order valence-corrected chi connectivity index (χ2v) is 16.6. The first-order valence-electron chi connectivity index (χ1n) is 18.3. The van der Waals surface area contributed by atoms with Gasteiger partial charge in [0.05, 0.1) is 39.0 Å². The maximum absolute atomic E-state index is 14.3. The molecule has 1 amide bonds. The van der Waals surface area contributed by atoms with Crippen molar-refractivity contribution in [3.05, 3.63) is 47.1 Å². The lowest BCUT2D eigenvalue weighted by Crippen LogP contribution is -2.57. The fourth-order valence-electron chi connectivity index (χ4n) is 10.5. The molecule has 0 bridgehead atoms. The minimum atomic E-state index is -1.06. The van der Waals surface area contributed by atoms with Crippen LogP contribution in [0.15, 0.2) is 41.5 Å². The van der Waals surface area contributed by atoms with Crippen molar-refractivity contribution in [2.45, 2.75) is 123 Å². The number of ether oxygens (including phenoxy) is 3. The summed E-state index contributed by atoms with van der Waals surface area (Å²) in [5.41, 5.74) is 2.37. The van der Waals surface area contributed by atoms with Crippen LogP contribution in [0.4, 0.5) is 4.79 Å². The van der Waals surface area contributed by atoms with Gasteiger partial charge < -0.3 is 29.3 Å². The van der Waals surface area contributed by atoms with Crippen LogP contribution in [0.1, 0.15) is 104 Å². The van der Waals surface area contributed by atoms with Crippen molar-refractivity contribution >= 4 is 6.09 Å². The number of amides is 1. The molecule has 2 N–H and O–H groups in total. The molecule has 1 aromatic carbocycles. The van der Waals surface area contributed by atoms with E-state index in [1.54, 1.807) is 19.1 Å². The molecule has 0 saturated heterocycles. The number of carbonyl (C=O) groups is 1. The smallest absolute Gasteiger partial charge is 0.410 e. The molecule has 0 unspecified atom stereocenters. The largest absolute Gasteiger partial charge is 0.497 e. The third kappa shape index (κ3) is 6.13. The van der Waals surface area contributed by atoms with Gasteiger partial charge in [0.15, 0.2) is 0 Å². The molecular formula is C40H59NO6. The van der Waals surface area contributed by atoms with Gasteiger partial charge >= 0.3 is 6.09 Å². The zero-order chi connectivity index (χ0) is 33.7. The molecule has 0 spiro atoms. The van der Waals surface area contributed by atoms with Crippen LogP contribution < -0.4 is 9.47 Å². The second kappa shape index (κ2) is 13.1. The minimum Gasteiger partial charge on any atom is -0.497 e. The lowest BCUT2D eigenvalue weighted by atomic mass is 9.50. The second-order valence-electron chi connectivity index (χ2n) is 16.6. The van der Waals surface area contributed by atoms with Gasteiger partial charge in [-0.05, 0) is 105 Å². The van der Waals surface area contributed by atoms with Crippen molar-refractivity contribution in [3.63, 3.8) is 0 Å². The fraction of sp³-hybridized carbons (Fsp3) is 0.725. The van der Waals surface area contributed by atoms with Crippen LogP contribution in [0.2, 0.25) is 0 Å². The van der Waals surface area contributed by atoms with Gasteiger partial charge in [-0.1, -0.05) is 64.3 Å². The summed E-state index contributed by atoms with van der Waals surface area (Å²) in [6.07, 6.45) is 13.1. The summed E-state index contributed by atoms with van der Waals surface area (Å²) in [6, 6.07) is 5.69. The monoisotopic (exact) mass is 649 g/mol. The lowest BCUT2D eigenvalue weighted by molar-refractivity contribution is -0.104. The van der Waals surface area contributed by atoms with Crippen LogP contribution in [-0.4, -0.2) is 59.8 Å². The van der Waals surface area contributed by atoms with Crippen molar-refractivity contribution in [1.82, 2.24) is 4.90 Å². The van der Waals surface area contributed by atoms with Crippen LogP contribution in [-0.2, 0) is 11.3 Å². The number of benzene rings is 1. The first-order valence-corrected chi connectivity index (χ1v) is 18.3. The van der Waals surface area contributed by atoms with E-state index >= 15 is 0 Å². The molecule has 1 aromatic rings. The Kier molecular flexibility index (Phi) is 9.56. The summed E-state index contributed by atoms with van der Waals surface area (Å²) < 4.78 is 17.6. The number of fused-ring (bicyclic) bond motifs is 5. The lowest BCUT2D eigenvalue weighted by Gasteiger charge is -2.56. The van der Waals surface area contributed by atoms with Crippen molar-refractivity contribution in [3.8, 4) is 11.5 Å². The number of carbonyl (C=O) groups excluding carboxylic acids is 1. The molecule has 0 heterocycles. The average molecular weight is 650 g/mol. The van der Waals surface area contributed by atoms with Gasteiger partial charge in [-0.15, -0.1) is 0 Å².